The molecule has 8 heteroatoms. The number of aromatic nitrogens is 5. The minimum atomic E-state index is -0.0158. The summed E-state index contributed by atoms with van der Waals surface area (Å²) in [6.07, 6.45) is 4.97. The second-order valence-corrected chi connectivity index (χ2v) is 7.27. The molecule has 4 heterocycles. The van der Waals surface area contributed by atoms with Crippen molar-refractivity contribution in [3.05, 3.63) is 60.3 Å². The summed E-state index contributed by atoms with van der Waals surface area (Å²) < 4.78 is 7.28. The van der Waals surface area contributed by atoms with Crippen molar-refractivity contribution in [2.45, 2.75) is 25.8 Å². The van der Waals surface area contributed by atoms with E-state index < -0.39 is 0 Å². The standard InChI is InChI=1S/C21H20N6O2/c1-14-19-17(11-18(24-20(19)29-25-14)15-5-3-2-4-6-15)21(28)26-9-7-16(8-10-26)27-13-22-12-23-27/h2-6,11-13,16H,7-10H2,1H3. The van der Waals surface area contributed by atoms with Gasteiger partial charge < -0.3 is 9.42 Å². The van der Waals surface area contributed by atoms with Gasteiger partial charge in [0.1, 0.15) is 12.7 Å². The van der Waals surface area contributed by atoms with E-state index in [4.69, 9.17) is 4.52 Å². The third-order valence-electron chi connectivity index (χ3n) is 5.48. The number of amides is 1. The molecule has 146 valence electrons. The molecule has 1 amide bonds. The number of pyridine rings is 1. The fourth-order valence-corrected chi connectivity index (χ4v) is 3.93. The van der Waals surface area contributed by atoms with Crippen LogP contribution < -0.4 is 0 Å². The van der Waals surface area contributed by atoms with Crippen LogP contribution in [0.15, 0.2) is 53.6 Å². The van der Waals surface area contributed by atoms with Crippen molar-refractivity contribution in [3.63, 3.8) is 0 Å². The fourth-order valence-electron chi connectivity index (χ4n) is 3.93. The molecule has 0 spiro atoms. The third-order valence-corrected chi connectivity index (χ3v) is 5.48. The number of aryl methyl sites for hydroxylation is 1. The van der Waals surface area contributed by atoms with Crippen molar-refractivity contribution >= 4 is 17.0 Å². The van der Waals surface area contributed by atoms with Crippen LogP contribution in [0.4, 0.5) is 0 Å². The maximum absolute atomic E-state index is 13.4. The molecule has 0 radical (unpaired) electrons. The van der Waals surface area contributed by atoms with E-state index in [0.29, 0.717) is 41.1 Å². The number of carbonyl (C=O) groups is 1. The molecule has 3 aromatic heterocycles. The smallest absolute Gasteiger partial charge is 0.259 e. The van der Waals surface area contributed by atoms with E-state index in [1.807, 2.05) is 52.9 Å². The van der Waals surface area contributed by atoms with Crippen molar-refractivity contribution in [1.29, 1.82) is 0 Å². The first-order valence-electron chi connectivity index (χ1n) is 9.66. The van der Waals surface area contributed by atoms with Crippen molar-refractivity contribution < 1.29 is 9.32 Å². The van der Waals surface area contributed by atoms with E-state index in [1.54, 1.807) is 12.7 Å². The Morgan fingerprint density at radius 1 is 1.17 bits per heavy atom. The third kappa shape index (κ3) is 3.16. The molecule has 0 N–H and O–H groups in total. The number of piperidine rings is 1. The molecule has 1 saturated heterocycles. The van der Waals surface area contributed by atoms with Gasteiger partial charge in [0.25, 0.3) is 11.6 Å². The molecule has 0 atom stereocenters. The highest BCUT2D eigenvalue weighted by Crippen LogP contribution is 2.29. The van der Waals surface area contributed by atoms with Crippen LogP contribution in [0.3, 0.4) is 0 Å². The van der Waals surface area contributed by atoms with Crippen LogP contribution in [-0.2, 0) is 0 Å². The lowest BCUT2D eigenvalue weighted by Gasteiger charge is -2.32. The lowest BCUT2D eigenvalue weighted by atomic mass is 10.0. The molecule has 0 aliphatic carbocycles. The summed E-state index contributed by atoms with van der Waals surface area (Å²) in [7, 11) is 0. The minimum Gasteiger partial charge on any atom is -0.338 e. The van der Waals surface area contributed by atoms with Crippen molar-refractivity contribution in [2.75, 3.05) is 13.1 Å². The Balaban J connectivity index is 1.47. The summed E-state index contributed by atoms with van der Waals surface area (Å²) in [6.45, 7) is 3.17. The SMILES string of the molecule is Cc1noc2nc(-c3ccccc3)cc(C(=O)N3CCC(n4cncn4)CC3)c12. The summed E-state index contributed by atoms with van der Waals surface area (Å²) in [5, 5.41) is 8.96. The van der Waals surface area contributed by atoms with E-state index in [1.165, 1.54) is 0 Å². The molecule has 8 nitrogen and oxygen atoms in total. The van der Waals surface area contributed by atoms with Crippen LogP contribution in [0.2, 0.25) is 0 Å². The molecule has 1 aromatic carbocycles. The maximum atomic E-state index is 13.4. The molecule has 0 saturated carbocycles. The Morgan fingerprint density at radius 3 is 2.69 bits per heavy atom. The van der Waals surface area contributed by atoms with E-state index in [9.17, 15) is 4.79 Å². The molecule has 29 heavy (non-hydrogen) atoms. The van der Waals surface area contributed by atoms with Crippen molar-refractivity contribution in [3.8, 4) is 11.3 Å². The largest absolute Gasteiger partial charge is 0.338 e. The molecular formula is C21H20N6O2. The second kappa shape index (κ2) is 7.12. The first-order valence-corrected chi connectivity index (χ1v) is 9.66. The molecular weight excluding hydrogens is 368 g/mol. The van der Waals surface area contributed by atoms with Crippen LogP contribution in [0, 0.1) is 6.92 Å². The second-order valence-electron chi connectivity index (χ2n) is 7.27. The van der Waals surface area contributed by atoms with Gasteiger partial charge >= 0.3 is 0 Å². The lowest BCUT2D eigenvalue weighted by molar-refractivity contribution is 0.0691. The number of likely N-dealkylation sites (tertiary alicyclic amines) is 1. The zero-order chi connectivity index (χ0) is 19.8. The normalized spacial score (nSPS) is 15.1. The van der Waals surface area contributed by atoms with Gasteiger partial charge in [0.15, 0.2) is 0 Å². The highest BCUT2D eigenvalue weighted by atomic mass is 16.5. The van der Waals surface area contributed by atoms with E-state index >= 15 is 0 Å². The molecule has 1 aliphatic heterocycles. The first kappa shape index (κ1) is 17.5. The van der Waals surface area contributed by atoms with Crippen LogP contribution in [0.1, 0.15) is 34.9 Å². The molecule has 1 aliphatic rings. The number of rotatable bonds is 3. The van der Waals surface area contributed by atoms with Gasteiger partial charge in [-0.1, -0.05) is 35.5 Å². The molecule has 4 aromatic rings. The number of hydrogen-bond acceptors (Lipinski definition) is 6. The van der Waals surface area contributed by atoms with Gasteiger partial charge in [0.05, 0.1) is 28.4 Å². The number of fused-ring (bicyclic) bond motifs is 1. The predicted octanol–water partition coefficient (Wildman–Crippen LogP) is 3.27. The van der Waals surface area contributed by atoms with Gasteiger partial charge in [-0.25, -0.2) is 14.6 Å². The Kier molecular flexibility index (Phi) is 4.31. The highest BCUT2D eigenvalue weighted by molar-refractivity contribution is 6.07. The Bertz CT molecular complexity index is 1140. The van der Waals surface area contributed by atoms with Gasteiger partial charge in [0.2, 0.25) is 0 Å². The predicted molar refractivity (Wildman–Crippen MR) is 106 cm³/mol. The summed E-state index contributed by atoms with van der Waals surface area (Å²) >= 11 is 0. The van der Waals surface area contributed by atoms with Crippen molar-refractivity contribution in [2.24, 2.45) is 0 Å². The number of nitrogens with zero attached hydrogens (tertiary/aromatic N) is 6. The van der Waals surface area contributed by atoms with Gasteiger partial charge in [-0.3, -0.25) is 4.79 Å². The number of benzene rings is 1. The van der Waals surface area contributed by atoms with Gasteiger partial charge in [0, 0.05) is 18.7 Å². The average molecular weight is 388 g/mol. The van der Waals surface area contributed by atoms with Gasteiger partial charge in [-0.05, 0) is 25.8 Å². The van der Waals surface area contributed by atoms with E-state index in [0.717, 1.165) is 18.4 Å². The zero-order valence-corrected chi connectivity index (χ0v) is 16.0. The van der Waals surface area contributed by atoms with E-state index in [-0.39, 0.29) is 11.9 Å². The van der Waals surface area contributed by atoms with Crippen LogP contribution in [-0.4, -0.2) is 48.8 Å². The van der Waals surface area contributed by atoms with Gasteiger partial charge in [-0.15, -0.1) is 0 Å². The number of carbonyl (C=O) groups excluding carboxylic acids is 1. The summed E-state index contributed by atoms with van der Waals surface area (Å²) in [5.74, 6) is -0.0158. The number of hydrogen-bond donors (Lipinski definition) is 0. The minimum absolute atomic E-state index is 0.0158. The monoisotopic (exact) mass is 388 g/mol. The molecule has 1 fully saturated rings. The first-order chi connectivity index (χ1) is 14.2. The quantitative estimate of drug-likeness (QED) is 0.535. The fraction of sp³-hybridized carbons (Fsp3) is 0.286. The summed E-state index contributed by atoms with van der Waals surface area (Å²) in [5.41, 5.74) is 3.29. The Hall–Kier alpha value is -3.55. The van der Waals surface area contributed by atoms with E-state index in [2.05, 4.69) is 20.2 Å². The summed E-state index contributed by atoms with van der Waals surface area (Å²) in [6, 6.07) is 11.9. The highest BCUT2D eigenvalue weighted by Gasteiger charge is 2.28. The Labute approximate surface area is 167 Å². The Morgan fingerprint density at radius 2 is 1.97 bits per heavy atom. The molecule has 5 rings (SSSR count). The molecule has 0 unspecified atom stereocenters. The van der Waals surface area contributed by atoms with Crippen LogP contribution in [0.5, 0.6) is 0 Å². The van der Waals surface area contributed by atoms with Crippen LogP contribution >= 0.6 is 0 Å². The zero-order valence-electron chi connectivity index (χ0n) is 16.0. The summed E-state index contributed by atoms with van der Waals surface area (Å²) in [4.78, 5) is 23.9. The topological polar surface area (TPSA) is 89.9 Å². The molecule has 0 bridgehead atoms. The van der Waals surface area contributed by atoms with Gasteiger partial charge in [-0.2, -0.15) is 5.10 Å². The van der Waals surface area contributed by atoms with Crippen LogP contribution in [0.25, 0.3) is 22.4 Å². The average Bonchev–Trinajstić information content (AvgIpc) is 3.44. The van der Waals surface area contributed by atoms with Crippen molar-refractivity contribution in [1.82, 2.24) is 29.8 Å². The lowest BCUT2D eigenvalue weighted by Crippen LogP contribution is -2.39. The maximum Gasteiger partial charge on any atom is 0.259 e.